The summed E-state index contributed by atoms with van der Waals surface area (Å²) in [4.78, 5) is 11.9. The molecule has 0 heterocycles. The molecular weight excluding hydrogens is 255 g/mol. The topological polar surface area (TPSA) is 55.1 Å². The van der Waals surface area contributed by atoms with Crippen molar-refractivity contribution in [3.05, 3.63) is 29.6 Å². The van der Waals surface area contributed by atoms with Gasteiger partial charge < -0.3 is 11.1 Å². The van der Waals surface area contributed by atoms with Gasteiger partial charge in [-0.25, -0.2) is 4.39 Å². The maximum Gasteiger partial charge on any atom is 0.251 e. The summed E-state index contributed by atoms with van der Waals surface area (Å²) in [6, 6.07) is 4.16. The van der Waals surface area contributed by atoms with Gasteiger partial charge in [-0.05, 0) is 42.9 Å². The van der Waals surface area contributed by atoms with Crippen LogP contribution in [0.2, 0.25) is 0 Å². The lowest BCUT2D eigenvalue weighted by atomic mass is 9.81. The van der Waals surface area contributed by atoms with Crippen molar-refractivity contribution in [3.63, 3.8) is 0 Å². The molecule has 4 heteroatoms. The fraction of sp³-hybridized carbons (Fsp3) is 0.562. The number of carbonyl (C=O) groups excluding carboxylic acids is 1. The Morgan fingerprint density at radius 2 is 2.25 bits per heavy atom. The molecule has 0 aliphatic heterocycles. The second-order valence-corrected chi connectivity index (χ2v) is 5.92. The Hall–Kier alpha value is -1.58. The number of nitrogen functional groups attached to an aromatic ring is 1. The average Bonchev–Trinajstić information content (AvgIpc) is 2.42. The second-order valence-electron chi connectivity index (χ2n) is 5.92. The Bertz CT molecular complexity index is 476. The molecule has 0 spiro atoms. The molecule has 2 atom stereocenters. The standard InChI is InChI=1S/C16H23FN2O/c1-11-3-2-4-12(9-11)7-8-19-16(20)13-5-6-15(18)14(17)10-13/h5-6,10-12H,2-4,7-9,18H2,1H3,(H,19,20). The maximum absolute atomic E-state index is 13.3. The molecular formula is C16H23FN2O. The van der Waals surface area contributed by atoms with Crippen molar-refractivity contribution in [2.45, 2.75) is 39.0 Å². The number of anilines is 1. The molecule has 1 aromatic carbocycles. The van der Waals surface area contributed by atoms with Gasteiger partial charge in [-0.15, -0.1) is 0 Å². The van der Waals surface area contributed by atoms with Crippen LogP contribution in [0.5, 0.6) is 0 Å². The number of hydrogen-bond donors (Lipinski definition) is 2. The summed E-state index contributed by atoms with van der Waals surface area (Å²) in [6.45, 7) is 2.95. The molecule has 1 aromatic rings. The molecule has 3 N–H and O–H groups in total. The predicted octanol–water partition coefficient (Wildman–Crippen LogP) is 3.35. The summed E-state index contributed by atoms with van der Waals surface area (Å²) in [7, 11) is 0. The van der Waals surface area contributed by atoms with E-state index in [9.17, 15) is 9.18 Å². The molecule has 20 heavy (non-hydrogen) atoms. The van der Waals surface area contributed by atoms with Crippen molar-refractivity contribution in [3.8, 4) is 0 Å². The first-order chi connectivity index (χ1) is 9.56. The monoisotopic (exact) mass is 278 g/mol. The highest BCUT2D eigenvalue weighted by molar-refractivity contribution is 5.94. The number of carbonyl (C=O) groups is 1. The van der Waals surface area contributed by atoms with Crippen molar-refractivity contribution in [1.29, 1.82) is 0 Å². The first kappa shape index (κ1) is 14.8. The number of benzene rings is 1. The number of hydrogen-bond acceptors (Lipinski definition) is 2. The van der Waals surface area contributed by atoms with E-state index in [1.807, 2.05) is 0 Å². The normalized spacial score (nSPS) is 22.5. The van der Waals surface area contributed by atoms with E-state index in [1.165, 1.54) is 37.8 Å². The minimum absolute atomic E-state index is 0.0674. The number of nitrogens with one attached hydrogen (secondary N) is 1. The van der Waals surface area contributed by atoms with E-state index in [0.717, 1.165) is 12.3 Å². The summed E-state index contributed by atoms with van der Waals surface area (Å²) in [5.41, 5.74) is 5.79. The van der Waals surface area contributed by atoms with Gasteiger partial charge in [0.15, 0.2) is 0 Å². The third-order valence-corrected chi connectivity index (χ3v) is 4.15. The predicted molar refractivity (Wildman–Crippen MR) is 78.9 cm³/mol. The number of amides is 1. The van der Waals surface area contributed by atoms with Crippen LogP contribution in [0.1, 0.15) is 49.4 Å². The lowest BCUT2D eigenvalue weighted by molar-refractivity contribution is 0.0949. The zero-order chi connectivity index (χ0) is 14.5. The molecule has 1 amide bonds. The van der Waals surface area contributed by atoms with Crippen molar-refractivity contribution >= 4 is 11.6 Å². The Balaban J connectivity index is 1.78. The second kappa shape index (κ2) is 6.73. The van der Waals surface area contributed by atoms with Crippen LogP contribution in [0.3, 0.4) is 0 Å². The zero-order valence-corrected chi connectivity index (χ0v) is 12.0. The van der Waals surface area contributed by atoms with Crippen LogP contribution in [-0.4, -0.2) is 12.5 Å². The number of rotatable bonds is 4. The van der Waals surface area contributed by atoms with Crippen LogP contribution in [0.25, 0.3) is 0 Å². The molecule has 0 radical (unpaired) electrons. The quantitative estimate of drug-likeness (QED) is 0.830. The largest absolute Gasteiger partial charge is 0.396 e. The Labute approximate surface area is 119 Å². The molecule has 1 aliphatic carbocycles. The van der Waals surface area contributed by atoms with E-state index < -0.39 is 5.82 Å². The van der Waals surface area contributed by atoms with Gasteiger partial charge in [0.05, 0.1) is 5.69 Å². The summed E-state index contributed by atoms with van der Waals surface area (Å²) in [6.07, 6.45) is 6.15. The Morgan fingerprint density at radius 1 is 1.45 bits per heavy atom. The molecule has 1 saturated carbocycles. The smallest absolute Gasteiger partial charge is 0.251 e. The molecule has 0 saturated heterocycles. The maximum atomic E-state index is 13.3. The van der Waals surface area contributed by atoms with E-state index >= 15 is 0 Å². The van der Waals surface area contributed by atoms with Crippen LogP contribution in [-0.2, 0) is 0 Å². The third kappa shape index (κ3) is 3.95. The van der Waals surface area contributed by atoms with Crippen LogP contribution in [0.4, 0.5) is 10.1 Å². The molecule has 110 valence electrons. The third-order valence-electron chi connectivity index (χ3n) is 4.15. The average molecular weight is 278 g/mol. The highest BCUT2D eigenvalue weighted by Gasteiger charge is 2.18. The van der Waals surface area contributed by atoms with Gasteiger partial charge in [0.1, 0.15) is 5.82 Å². The SMILES string of the molecule is CC1CCCC(CCNC(=O)c2ccc(N)c(F)c2)C1. The molecule has 2 unspecified atom stereocenters. The molecule has 0 bridgehead atoms. The number of nitrogens with two attached hydrogens (primary N) is 1. The fourth-order valence-corrected chi connectivity index (χ4v) is 2.98. The van der Waals surface area contributed by atoms with Gasteiger partial charge in [-0.2, -0.15) is 0 Å². The first-order valence-corrected chi connectivity index (χ1v) is 7.39. The van der Waals surface area contributed by atoms with Crippen molar-refractivity contribution in [1.82, 2.24) is 5.32 Å². The Kier molecular flexibility index (Phi) is 4.99. The van der Waals surface area contributed by atoms with Crippen molar-refractivity contribution in [2.24, 2.45) is 11.8 Å². The minimum Gasteiger partial charge on any atom is -0.396 e. The molecule has 0 aromatic heterocycles. The Morgan fingerprint density at radius 3 is 2.95 bits per heavy atom. The van der Waals surface area contributed by atoms with Gasteiger partial charge >= 0.3 is 0 Å². The van der Waals surface area contributed by atoms with Gasteiger partial charge in [-0.3, -0.25) is 4.79 Å². The van der Waals surface area contributed by atoms with E-state index in [-0.39, 0.29) is 11.6 Å². The fourth-order valence-electron chi connectivity index (χ4n) is 2.98. The van der Waals surface area contributed by atoms with Crippen molar-refractivity contribution in [2.75, 3.05) is 12.3 Å². The summed E-state index contributed by atoms with van der Waals surface area (Å²) in [5.74, 6) is 0.740. The number of halogens is 1. The lowest BCUT2D eigenvalue weighted by Gasteiger charge is -2.26. The summed E-state index contributed by atoms with van der Waals surface area (Å²) in [5, 5.41) is 2.86. The van der Waals surface area contributed by atoms with Gasteiger partial charge in [0, 0.05) is 12.1 Å². The summed E-state index contributed by atoms with van der Waals surface area (Å²) >= 11 is 0. The van der Waals surface area contributed by atoms with E-state index in [4.69, 9.17) is 5.73 Å². The van der Waals surface area contributed by atoms with Crippen LogP contribution < -0.4 is 11.1 Å². The first-order valence-electron chi connectivity index (χ1n) is 7.39. The molecule has 1 fully saturated rings. The van der Waals surface area contributed by atoms with Crippen LogP contribution >= 0.6 is 0 Å². The van der Waals surface area contributed by atoms with E-state index in [1.54, 1.807) is 6.07 Å². The minimum atomic E-state index is -0.543. The van der Waals surface area contributed by atoms with Gasteiger partial charge in [0.25, 0.3) is 5.91 Å². The van der Waals surface area contributed by atoms with E-state index in [0.29, 0.717) is 18.0 Å². The van der Waals surface area contributed by atoms with Crippen LogP contribution in [0.15, 0.2) is 18.2 Å². The molecule has 1 aliphatic rings. The molecule has 3 nitrogen and oxygen atoms in total. The highest BCUT2D eigenvalue weighted by atomic mass is 19.1. The van der Waals surface area contributed by atoms with Gasteiger partial charge in [-0.1, -0.05) is 26.2 Å². The lowest BCUT2D eigenvalue weighted by Crippen LogP contribution is -2.27. The highest BCUT2D eigenvalue weighted by Crippen LogP contribution is 2.30. The zero-order valence-electron chi connectivity index (χ0n) is 12.0. The van der Waals surface area contributed by atoms with Gasteiger partial charge in [0.2, 0.25) is 0 Å². The van der Waals surface area contributed by atoms with Crippen LogP contribution in [0, 0.1) is 17.7 Å². The van der Waals surface area contributed by atoms with Crippen molar-refractivity contribution < 1.29 is 9.18 Å². The molecule has 2 rings (SSSR count). The summed E-state index contributed by atoms with van der Waals surface area (Å²) < 4.78 is 13.3. The van der Waals surface area contributed by atoms with E-state index in [2.05, 4.69) is 12.2 Å².